The highest BCUT2D eigenvalue weighted by atomic mass is 19.4. The summed E-state index contributed by atoms with van der Waals surface area (Å²) < 4.78 is 85.6. The van der Waals surface area contributed by atoms with Gasteiger partial charge in [0.15, 0.2) is 6.10 Å². The fourth-order valence-electron chi connectivity index (χ4n) is 3.84. The highest BCUT2D eigenvalue weighted by Crippen LogP contribution is 2.39. The number of ether oxygens (including phenoxy) is 1. The van der Waals surface area contributed by atoms with Gasteiger partial charge in [-0.2, -0.15) is 31.6 Å². The van der Waals surface area contributed by atoms with Gasteiger partial charge in [0.2, 0.25) is 6.23 Å². The van der Waals surface area contributed by atoms with Crippen LogP contribution in [0.2, 0.25) is 0 Å². The minimum Gasteiger partial charge on any atom is -0.465 e. The molecule has 1 aromatic carbocycles. The molecular formula is C19H18F6N4O4. The number of halogens is 6. The van der Waals surface area contributed by atoms with Gasteiger partial charge in [-0.1, -0.05) is 0 Å². The van der Waals surface area contributed by atoms with Gasteiger partial charge in [0, 0.05) is 25.8 Å². The van der Waals surface area contributed by atoms with E-state index in [1.807, 2.05) is 0 Å². The number of rotatable bonds is 3. The molecular weight excluding hydrogens is 462 g/mol. The van der Waals surface area contributed by atoms with Crippen molar-refractivity contribution in [1.29, 1.82) is 5.26 Å². The largest absolute Gasteiger partial charge is 0.465 e. The Morgan fingerprint density at radius 2 is 1.88 bits per heavy atom. The molecule has 0 bridgehead atoms. The molecule has 33 heavy (non-hydrogen) atoms. The molecule has 8 nitrogen and oxygen atoms in total. The van der Waals surface area contributed by atoms with Crippen molar-refractivity contribution in [3.63, 3.8) is 0 Å². The van der Waals surface area contributed by atoms with Gasteiger partial charge in [-0.3, -0.25) is 4.79 Å². The van der Waals surface area contributed by atoms with Crippen LogP contribution in [0.5, 0.6) is 0 Å². The monoisotopic (exact) mass is 480 g/mol. The number of anilines is 1. The molecule has 2 aliphatic rings. The lowest BCUT2D eigenvalue weighted by Gasteiger charge is -2.27. The molecule has 0 saturated carbocycles. The summed E-state index contributed by atoms with van der Waals surface area (Å²) in [6, 6.07) is 2.90. The molecule has 0 radical (unpaired) electrons. The number of amides is 2. The van der Waals surface area contributed by atoms with E-state index in [4.69, 9.17) is 15.1 Å². The number of alkyl halides is 6. The Morgan fingerprint density at radius 1 is 1.21 bits per heavy atom. The van der Waals surface area contributed by atoms with Crippen LogP contribution >= 0.6 is 0 Å². The number of hydrogen-bond donors (Lipinski definition) is 1. The van der Waals surface area contributed by atoms with Gasteiger partial charge < -0.3 is 24.5 Å². The van der Waals surface area contributed by atoms with Crippen molar-refractivity contribution in [2.75, 3.05) is 31.6 Å². The first kappa shape index (κ1) is 24.4. The Morgan fingerprint density at radius 3 is 2.42 bits per heavy atom. The van der Waals surface area contributed by atoms with Crippen molar-refractivity contribution < 1.29 is 45.8 Å². The molecule has 2 aliphatic heterocycles. The van der Waals surface area contributed by atoms with Crippen molar-refractivity contribution in [2.45, 2.75) is 37.1 Å². The number of carbonyl (C=O) groups is 2. The average Bonchev–Trinajstić information content (AvgIpc) is 3.39. The number of nitrogens with zero attached hydrogens (tertiary/aromatic N) is 4. The molecule has 3 atom stereocenters. The van der Waals surface area contributed by atoms with E-state index in [0.717, 1.165) is 17.0 Å². The zero-order valence-electron chi connectivity index (χ0n) is 17.0. The summed E-state index contributed by atoms with van der Waals surface area (Å²) in [6.07, 6.45) is -15.3. The molecule has 0 aromatic heterocycles. The van der Waals surface area contributed by atoms with Crippen LogP contribution in [0.1, 0.15) is 17.5 Å². The quantitative estimate of drug-likeness (QED) is 0.669. The molecule has 180 valence electrons. The number of likely N-dealkylation sites (N-methyl/N-ethyl adjacent to an activating group) is 1. The van der Waals surface area contributed by atoms with Gasteiger partial charge in [0.05, 0.1) is 29.8 Å². The molecule has 2 fully saturated rings. The Kier molecular flexibility index (Phi) is 6.38. The first-order valence-electron chi connectivity index (χ1n) is 9.58. The minimum absolute atomic E-state index is 0.0483. The first-order chi connectivity index (χ1) is 15.2. The van der Waals surface area contributed by atoms with Crippen LogP contribution in [-0.2, 0) is 15.7 Å². The molecule has 2 amide bonds. The summed E-state index contributed by atoms with van der Waals surface area (Å²) in [4.78, 5) is 26.5. The van der Waals surface area contributed by atoms with Crippen LogP contribution in [-0.4, -0.2) is 78.1 Å². The fourth-order valence-corrected chi connectivity index (χ4v) is 3.84. The number of carbonyl (C=O) groups excluding carboxylic acids is 1. The van der Waals surface area contributed by atoms with Crippen LogP contribution in [0.4, 0.5) is 36.8 Å². The van der Waals surface area contributed by atoms with Crippen LogP contribution in [0.3, 0.4) is 0 Å². The minimum atomic E-state index is -5.03. The second-order valence-electron chi connectivity index (χ2n) is 7.63. The van der Waals surface area contributed by atoms with Gasteiger partial charge in [-0.25, -0.2) is 4.79 Å². The third kappa shape index (κ3) is 4.92. The van der Waals surface area contributed by atoms with Gasteiger partial charge >= 0.3 is 18.4 Å². The molecule has 1 aromatic rings. The van der Waals surface area contributed by atoms with Crippen LogP contribution in [0.15, 0.2) is 18.2 Å². The molecule has 1 N–H and O–H groups in total. The molecule has 2 heterocycles. The lowest BCUT2D eigenvalue weighted by Crippen LogP contribution is -2.43. The second-order valence-corrected chi connectivity index (χ2v) is 7.63. The SMILES string of the molecule is CN(C(=O)O)[C@@H]1CCN(C(=O)C2CN(c3ccc(C#N)c(C(F)(F)F)c3)C(C(F)(F)F)O2)C1. The van der Waals surface area contributed by atoms with E-state index in [1.54, 1.807) is 0 Å². The van der Waals surface area contributed by atoms with Crippen LogP contribution in [0, 0.1) is 11.3 Å². The van der Waals surface area contributed by atoms with Crippen molar-refractivity contribution in [1.82, 2.24) is 9.80 Å². The van der Waals surface area contributed by atoms with E-state index in [1.165, 1.54) is 18.0 Å². The van der Waals surface area contributed by atoms with Gasteiger partial charge in [-0.05, 0) is 24.6 Å². The molecule has 3 rings (SSSR count). The smallest absolute Gasteiger partial charge is 0.433 e. The van der Waals surface area contributed by atoms with Crippen molar-refractivity contribution in [2.24, 2.45) is 0 Å². The zero-order valence-corrected chi connectivity index (χ0v) is 17.0. The normalized spacial score (nSPS) is 23.5. The van der Waals surface area contributed by atoms with E-state index in [2.05, 4.69) is 0 Å². The van der Waals surface area contributed by atoms with Crippen LogP contribution in [0.25, 0.3) is 0 Å². The van der Waals surface area contributed by atoms with E-state index in [9.17, 15) is 35.9 Å². The van der Waals surface area contributed by atoms with Gasteiger partial charge in [0.1, 0.15) is 0 Å². The van der Waals surface area contributed by atoms with E-state index in [-0.39, 0.29) is 19.5 Å². The first-order valence-corrected chi connectivity index (χ1v) is 9.58. The molecule has 2 unspecified atom stereocenters. The predicted molar refractivity (Wildman–Crippen MR) is 99.0 cm³/mol. The number of hydrogen-bond acceptors (Lipinski definition) is 5. The summed E-state index contributed by atoms with van der Waals surface area (Å²) in [6.45, 7) is -0.637. The maximum Gasteiger partial charge on any atom is 0.433 e. The summed E-state index contributed by atoms with van der Waals surface area (Å²) in [5.74, 6) is -0.822. The lowest BCUT2D eigenvalue weighted by atomic mass is 10.1. The molecule has 0 spiro atoms. The lowest BCUT2D eigenvalue weighted by molar-refractivity contribution is -0.214. The molecule has 2 saturated heterocycles. The Bertz CT molecular complexity index is 977. The summed E-state index contributed by atoms with van der Waals surface area (Å²) >= 11 is 0. The summed E-state index contributed by atoms with van der Waals surface area (Å²) in [5, 5.41) is 17.9. The molecule has 14 heteroatoms. The van der Waals surface area contributed by atoms with E-state index >= 15 is 0 Å². The van der Waals surface area contributed by atoms with Crippen molar-refractivity contribution in [3.8, 4) is 6.07 Å². The van der Waals surface area contributed by atoms with Gasteiger partial charge in [-0.15, -0.1) is 0 Å². The highest BCUT2D eigenvalue weighted by Gasteiger charge is 2.53. The summed E-state index contributed by atoms with van der Waals surface area (Å²) in [5.41, 5.74) is -2.67. The predicted octanol–water partition coefficient (Wildman–Crippen LogP) is 2.88. The van der Waals surface area contributed by atoms with E-state index < -0.39 is 66.1 Å². The average molecular weight is 480 g/mol. The Hall–Kier alpha value is -3.21. The summed E-state index contributed by atoms with van der Waals surface area (Å²) in [7, 11) is 1.30. The number of benzene rings is 1. The standard InChI is InChI=1S/C19H18F6N4O4/c1-27(17(31)32)12-4-5-28(8-12)15(30)14-9-29(16(33-14)19(23,24)25)11-3-2-10(7-26)13(6-11)18(20,21)22/h2-3,6,12,14,16H,4-5,8-9H2,1H3,(H,31,32)/t12-,14?,16?/m1/s1. The van der Waals surface area contributed by atoms with Crippen molar-refractivity contribution in [3.05, 3.63) is 29.3 Å². The van der Waals surface area contributed by atoms with Crippen LogP contribution < -0.4 is 4.90 Å². The fraction of sp³-hybridized carbons (Fsp3) is 0.526. The number of nitriles is 1. The maximum atomic E-state index is 13.6. The third-order valence-electron chi connectivity index (χ3n) is 5.58. The van der Waals surface area contributed by atoms with Crippen molar-refractivity contribution >= 4 is 17.7 Å². The molecule has 0 aliphatic carbocycles. The number of carboxylic acid groups (broad SMARTS) is 1. The highest BCUT2D eigenvalue weighted by molar-refractivity contribution is 5.83. The maximum absolute atomic E-state index is 13.6. The Labute approximate surface area is 183 Å². The van der Waals surface area contributed by atoms with E-state index in [0.29, 0.717) is 11.0 Å². The third-order valence-corrected chi connectivity index (χ3v) is 5.58. The Balaban J connectivity index is 1.85. The topological polar surface area (TPSA) is 97.1 Å². The zero-order chi connectivity index (χ0) is 24.7. The van der Waals surface area contributed by atoms with Gasteiger partial charge in [0.25, 0.3) is 5.91 Å². The number of likely N-dealkylation sites (tertiary alicyclic amines) is 1. The second kappa shape index (κ2) is 8.62.